The lowest BCUT2D eigenvalue weighted by Crippen LogP contribution is -2.57. The fourth-order valence-corrected chi connectivity index (χ4v) is 1.96. The third-order valence-corrected chi connectivity index (χ3v) is 2.83. The second-order valence-electron chi connectivity index (χ2n) is 4.26. The van der Waals surface area contributed by atoms with Crippen LogP contribution in [0.1, 0.15) is 20.3 Å². The van der Waals surface area contributed by atoms with E-state index in [1.807, 2.05) is 0 Å². The minimum absolute atomic E-state index is 0.131. The van der Waals surface area contributed by atoms with Crippen LogP contribution in [-0.2, 0) is 38.1 Å². The maximum atomic E-state index is 11.8. The lowest BCUT2D eigenvalue weighted by atomic mass is 10.00. The zero-order chi connectivity index (χ0) is 15.3. The van der Waals surface area contributed by atoms with Gasteiger partial charge in [-0.25, -0.2) is 4.79 Å². The number of carbonyl (C=O) groups is 3. The van der Waals surface area contributed by atoms with Gasteiger partial charge in [0.2, 0.25) is 0 Å². The fourth-order valence-electron chi connectivity index (χ4n) is 1.96. The van der Waals surface area contributed by atoms with Crippen LogP contribution in [0.25, 0.3) is 0 Å². The van der Waals surface area contributed by atoms with Crippen LogP contribution in [0.5, 0.6) is 0 Å². The number of hydrogen-bond donors (Lipinski definition) is 0. The highest BCUT2D eigenvalue weighted by Gasteiger charge is 2.51. The van der Waals surface area contributed by atoms with Crippen LogP contribution >= 0.6 is 0 Å². The Balaban J connectivity index is 2.92. The first kappa shape index (κ1) is 16.4. The van der Waals surface area contributed by atoms with Gasteiger partial charge < -0.3 is 23.7 Å². The second-order valence-corrected chi connectivity index (χ2v) is 4.26. The predicted octanol–water partition coefficient (Wildman–Crippen LogP) is -0.214. The molecular weight excluding hydrogens is 272 g/mol. The van der Waals surface area contributed by atoms with E-state index in [0.717, 1.165) is 0 Å². The molecule has 0 aromatic carbocycles. The molecule has 114 valence electrons. The van der Waals surface area contributed by atoms with Crippen molar-refractivity contribution in [3.63, 3.8) is 0 Å². The van der Waals surface area contributed by atoms with Crippen molar-refractivity contribution in [3.05, 3.63) is 0 Å². The Bertz CT molecular complexity index is 393. The highest BCUT2D eigenvalue weighted by Crippen LogP contribution is 2.30. The molecule has 1 heterocycles. The predicted molar refractivity (Wildman–Crippen MR) is 63.4 cm³/mol. The lowest BCUT2D eigenvalue weighted by Gasteiger charge is -2.40. The van der Waals surface area contributed by atoms with Crippen molar-refractivity contribution in [1.29, 1.82) is 0 Å². The van der Waals surface area contributed by atoms with E-state index < -0.39 is 35.9 Å². The molecule has 3 atom stereocenters. The molecule has 1 saturated heterocycles. The van der Waals surface area contributed by atoms with Gasteiger partial charge in [0, 0.05) is 21.0 Å². The summed E-state index contributed by atoms with van der Waals surface area (Å²) in [4.78, 5) is 33.9. The standard InChI is InChI=1S/C12H18O8/c1-7(13)19-9-5-12(17-4,11(15)16-3)18-6-10(9)20-8(2)14/h9-10H,5-6H2,1-4H3/t9-,10+,12+/m1/s1. The van der Waals surface area contributed by atoms with Gasteiger partial charge in [-0.3, -0.25) is 9.59 Å². The molecule has 8 nitrogen and oxygen atoms in total. The minimum Gasteiger partial charge on any atom is -0.465 e. The van der Waals surface area contributed by atoms with E-state index in [0.29, 0.717) is 0 Å². The molecule has 0 N–H and O–H groups in total. The van der Waals surface area contributed by atoms with Crippen LogP contribution in [0, 0.1) is 0 Å². The maximum absolute atomic E-state index is 11.8. The van der Waals surface area contributed by atoms with Crippen molar-refractivity contribution in [2.24, 2.45) is 0 Å². The number of methoxy groups -OCH3 is 2. The molecule has 0 aromatic rings. The summed E-state index contributed by atoms with van der Waals surface area (Å²) in [6.07, 6.45) is -1.79. The summed E-state index contributed by atoms with van der Waals surface area (Å²) in [7, 11) is 2.46. The average molecular weight is 290 g/mol. The Morgan fingerprint density at radius 3 is 2.05 bits per heavy atom. The van der Waals surface area contributed by atoms with Gasteiger partial charge in [-0.15, -0.1) is 0 Å². The second kappa shape index (κ2) is 6.67. The van der Waals surface area contributed by atoms with Crippen LogP contribution in [0.15, 0.2) is 0 Å². The molecule has 0 amide bonds. The van der Waals surface area contributed by atoms with Gasteiger partial charge in [0.05, 0.1) is 20.1 Å². The molecule has 0 aromatic heterocycles. The molecule has 0 unspecified atom stereocenters. The van der Waals surface area contributed by atoms with E-state index >= 15 is 0 Å². The molecule has 0 saturated carbocycles. The van der Waals surface area contributed by atoms with Crippen molar-refractivity contribution in [3.8, 4) is 0 Å². The number of ether oxygens (including phenoxy) is 5. The van der Waals surface area contributed by atoms with Crippen LogP contribution < -0.4 is 0 Å². The van der Waals surface area contributed by atoms with Crippen LogP contribution in [0.4, 0.5) is 0 Å². The number of carbonyl (C=O) groups excluding carboxylic acids is 3. The fraction of sp³-hybridized carbons (Fsp3) is 0.750. The Morgan fingerprint density at radius 1 is 1.05 bits per heavy atom. The smallest absolute Gasteiger partial charge is 0.366 e. The molecule has 0 spiro atoms. The minimum atomic E-state index is -1.68. The molecule has 1 rings (SSSR count). The third kappa shape index (κ3) is 3.67. The van der Waals surface area contributed by atoms with E-state index in [-0.39, 0.29) is 13.0 Å². The summed E-state index contributed by atoms with van der Waals surface area (Å²) in [5.41, 5.74) is 0. The van der Waals surface area contributed by atoms with Crippen LogP contribution in [0.3, 0.4) is 0 Å². The monoisotopic (exact) mass is 290 g/mol. The quantitative estimate of drug-likeness (QED) is 0.518. The van der Waals surface area contributed by atoms with Gasteiger partial charge in [-0.1, -0.05) is 0 Å². The number of esters is 3. The molecule has 1 aliphatic rings. The Kier molecular flexibility index (Phi) is 5.46. The largest absolute Gasteiger partial charge is 0.465 e. The highest BCUT2D eigenvalue weighted by atomic mass is 16.7. The average Bonchev–Trinajstić information content (AvgIpc) is 2.38. The van der Waals surface area contributed by atoms with E-state index in [1.165, 1.54) is 28.1 Å². The maximum Gasteiger partial charge on any atom is 0.366 e. The van der Waals surface area contributed by atoms with Crippen LogP contribution in [-0.4, -0.2) is 56.7 Å². The van der Waals surface area contributed by atoms with Crippen molar-refractivity contribution in [2.75, 3.05) is 20.8 Å². The summed E-state index contributed by atoms with van der Waals surface area (Å²) < 4.78 is 25.1. The Morgan fingerprint density at radius 2 is 1.60 bits per heavy atom. The van der Waals surface area contributed by atoms with Crippen molar-refractivity contribution in [2.45, 2.75) is 38.3 Å². The first-order valence-electron chi connectivity index (χ1n) is 5.96. The number of hydrogen-bond acceptors (Lipinski definition) is 8. The molecule has 0 bridgehead atoms. The van der Waals surface area contributed by atoms with E-state index in [2.05, 4.69) is 4.74 Å². The van der Waals surface area contributed by atoms with Gasteiger partial charge >= 0.3 is 17.9 Å². The molecule has 8 heteroatoms. The summed E-state index contributed by atoms with van der Waals surface area (Å²) in [5.74, 6) is -3.54. The van der Waals surface area contributed by atoms with E-state index in [9.17, 15) is 14.4 Å². The number of rotatable bonds is 4. The molecule has 1 aliphatic heterocycles. The zero-order valence-electron chi connectivity index (χ0n) is 11.8. The zero-order valence-corrected chi connectivity index (χ0v) is 11.8. The highest BCUT2D eigenvalue weighted by molar-refractivity contribution is 5.78. The third-order valence-electron chi connectivity index (χ3n) is 2.83. The normalized spacial score (nSPS) is 29.4. The van der Waals surface area contributed by atoms with Gasteiger partial charge in [-0.2, -0.15) is 0 Å². The summed E-state index contributed by atoms with van der Waals surface area (Å²) in [6.45, 7) is 2.29. The topological polar surface area (TPSA) is 97.4 Å². The summed E-state index contributed by atoms with van der Waals surface area (Å²) in [6, 6.07) is 0. The molecule has 0 radical (unpaired) electrons. The molecule has 0 aliphatic carbocycles. The van der Waals surface area contributed by atoms with Crippen molar-refractivity contribution >= 4 is 17.9 Å². The first-order valence-corrected chi connectivity index (χ1v) is 5.96. The molecule has 20 heavy (non-hydrogen) atoms. The SMILES string of the molecule is COC(=O)[C@]1(OC)C[C@@H](OC(C)=O)[C@@H](OC(C)=O)CO1. The van der Waals surface area contributed by atoms with E-state index in [4.69, 9.17) is 18.9 Å². The molecular formula is C12H18O8. The Labute approximate surface area is 116 Å². The van der Waals surface area contributed by atoms with Crippen molar-refractivity contribution in [1.82, 2.24) is 0 Å². The van der Waals surface area contributed by atoms with Gasteiger partial charge in [0.25, 0.3) is 5.79 Å². The van der Waals surface area contributed by atoms with Gasteiger partial charge in [0.15, 0.2) is 6.10 Å². The van der Waals surface area contributed by atoms with Gasteiger partial charge in [0.1, 0.15) is 6.10 Å². The van der Waals surface area contributed by atoms with E-state index in [1.54, 1.807) is 0 Å². The summed E-state index contributed by atoms with van der Waals surface area (Å²) in [5, 5.41) is 0. The first-order chi connectivity index (χ1) is 9.34. The molecule has 1 fully saturated rings. The Hall–Kier alpha value is -1.67. The lowest BCUT2D eigenvalue weighted by molar-refractivity contribution is -0.283. The van der Waals surface area contributed by atoms with Crippen molar-refractivity contribution < 1.29 is 38.1 Å². The van der Waals surface area contributed by atoms with Gasteiger partial charge in [-0.05, 0) is 0 Å². The summed E-state index contributed by atoms with van der Waals surface area (Å²) >= 11 is 0. The van der Waals surface area contributed by atoms with Crippen LogP contribution in [0.2, 0.25) is 0 Å².